The Morgan fingerprint density at radius 3 is 2.95 bits per heavy atom. The summed E-state index contributed by atoms with van der Waals surface area (Å²) >= 11 is 1.80. The highest BCUT2D eigenvalue weighted by molar-refractivity contribution is 7.09. The Balaban J connectivity index is 1.38. The van der Waals surface area contributed by atoms with Crippen molar-refractivity contribution in [1.29, 1.82) is 0 Å². The number of rotatable bonds is 5. The fourth-order valence-electron chi connectivity index (χ4n) is 3.55. The fraction of sp³-hybridized carbons (Fsp3) is 0.706. The van der Waals surface area contributed by atoms with E-state index in [9.17, 15) is 4.79 Å². The topological polar surface area (TPSA) is 35.6 Å². The van der Waals surface area contributed by atoms with E-state index < -0.39 is 0 Å². The van der Waals surface area contributed by atoms with Crippen molar-refractivity contribution < 1.29 is 4.79 Å². The zero-order chi connectivity index (χ0) is 15.4. The summed E-state index contributed by atoms with van der Waals surface area (Å²) in [5.41, 5.74) is 0. The number of thiophene rings is 1. The van der Waals surface area contributed by atoms with Crippen LogP contribution in [0.25, 0.3) is 0 Å². The molecule has 1 N–H and O–H groups in total. The van der Waals surface area contributed by atoms with Crippen LogP contribution in [0.15, 0.2) is 17.5 Å². The number of carbonyl (C=O) groups is 1. The lowest BCUT2D eigenvalue weighted by atomic mass is 10.1. The first-order valence-corrected chi connectivity index (χ1v) is 9.39. The molecular formula is C17H27N3OS. The molecule has 4 nitrogen and oxygen atoms in total. The largest absolute Gasteiger partial charge is 0.338 e. The third-order valence-corrected chi connectivity index (χ3v) is 5.74. The molecule has 0 aromatic carbocycles. The molecule has 0 bridgehead atoms. The fourth-order valence-corrected chi connectivity index (χ4v) is 4.42. The smallest absolute Gasteiger partial charge is 0.317 e. The van der Waals surface area contributed by atoms with Crippen molar-refractivity contribution in [2.75, 3.05) is 32.7 Å². The van der Waals surface area contributed by atoms with Crippen LogP contribution in [-0.2, 0) is 6.42 Å². The second-order valence-corrected chi connectivity index (χ2v) is 7.74. The standard InChI is InChI=1S/C17H27N3OS/c1-14(11-16-5-4-10-22-16)12-18-17(21)20-9-6-15(13-20)19-7-2-3-8-19/h4-5,10,14-15H,2-3,6-9,11-13H2,1H3,(H,18,21)/t14-,15+/m1/s1. The molecule has 0 spiro atoms. The van der Waals surface area contributed by atoms with Gasteiger partial charge in [0.05, 0.1) is 0 Å². The van der Waals surface area contributed by atoms with Crippen LogP contribution < -0.4 is 5.32 Å². The average molecular weight is 321 g/mol. The van der Waals surface area contributed by atoms with Gasteiger partial charge >= 0.3 is 6.03 Å². The van der Waals surface area contributed by atoms with Crippen LogP contribution in [0.4, 0.5) is 4.79 Å². The van der Waals surface area contributed by atoms with Crippen molar-refractivity contribution in [3.05, 3.63) is 22.4 Å². The van der Waals surface area contributed by atoms with E-state index in [1.807, 2.05) is 4.90 Å². The molecule has 2 aliphatic heterocycles. The van der Waals surface area contributed by atoms with Crippen LogP contribution in [0, 0.1) is 5.92 Å². The van der Waals surface area contributed by atoms with Crippen LogP contribution in [-0.4, -0.2) is 54.6 Å². The van der Waals surface area contributed by atoms with Crippen molar-refractivity contribution in [1.82, 2.24) is 15.1 Å². The molecular weight excluding hydrogens is 294 g/mol. The Bertz CT molecular complexity index is 470. The molecule has 122 valence electrons. The molecule has 0 saturated carbocycles. The summed E-state index contributed by atoms with van der Waals surface area (Å²) in [6, 6.07) is 4.98. The predicted octanol–water partition coefficient (Wildman–Crippen LogP) is 2.81. The zero-order valence-electron chi connectivity index (χ0n) is 13.5. The normalized spacial score (nSPS) is 23.9. The summed E-state index contributed by atoms with van der Waals surface area (Å²) in [5, 5.41) is 5.24. The van der Waals surface area contributed by atoms with E-state index in [-0.39, 0.29) is 6.03 Å². The third kappa shape index (κ3) is 4.02. The van der Waals surface area contributed by atoms with Crippen LogP contribution in [0.2, 0.25) is 0 Å². The first-order valence-electron chi connectivity index (χ1n) is 8.51. The molecule has 2 atom stereocenters. The minimum absolute atomic E-state index is 0.125. The first-order chi connectivity index (χ1) is 10.7. The third-order valence-electron chi connectivity index (χ3n) is 4.84. The molecule has 1 aromatic heterocycles. The Morgan fingerprint density at radius 2 is 2.23 bits per heavy atom. The molecule has 2 amide bonds. The monoisotopic (exact) mass is 321 g/mol. The van der Waals surface area contributed by atoms with E-state index >= 15 is 0 Å². The van der Waals surface area contributed by atoms with E-state index in [1.54, 1.807) is 11.3 Å². The summed E-state index contributed by atoms with van der Waals surface area (Å²) < 4.78 is 0. The molecule has 3 rings (SSSR count). The number of urea groups is 1. The van der Waals surface area contributed by atoms with Gasteiger partial charge in [-0.15, -0.1) is 11.3 Å². The molecule has 0 unspecified atom stereocenters. The minimum Gasteiger partial charge on any atom is -0.338 e. The summed E-state index contributed by atoms with van der Waals surface area (Å²) in [5.74, 6) is 0.486. The summed E-state index contributed by atoms with van der Waals surface area (Å²) in [6.45, 7) is 7.23. The van der Waals surface area contributed by atoms with Gasteiger partial charge in [-0.05, 0) is 56.1 Å². The second-order valence-electron chi connectivity index (χ2n) is 6.71. The predicted molar refractivity (Wildman–Crippen MR) is 91.4 cm³/mol. The van der Waals surface area contributed by atoms with Crippen molar-refractivity contribution in [3.63, 3.8) is 0 Å². The van der Waals surface area contributed by atoms with Crippen LogP contribution in [0.5, 0.6) is 0 Å². The summed E-state index contributed by atoms with van der Waals surface area (Å²) in [4.78, 5) is 18.3. The minimum atomic E-state index is 0.125. The van der Waals surface area contributed by atoms with Gasteiger partial charge in [0.25, 0.3) is 0 Å². The van der Waals surface area contributed by atoms with E-state index in [0.717, 1.165) is 32.5 Å². The highest BCUT2D eigenvalue weighted by atomic mass is 32.1. The van der Waals surface area contributed by atoms with Gasteiger partial charge in [-0.1, -0.05) is 13.0 Å². The molecule has 2 fully saturated rings. The van der Waals surface area contributed by atoms with Gasteiger partial charge in [-0.3, -0.25) is 4.90 Å². The summed E-state index contributed by atoms with van der Waals surface area (Å²) in [7, 11) is 0. The number of hydrogen-bond acceptors (Lipinski definition) is 3. The maximum atomic E-state index is 12.3. The van der Waals surface area contributed by atoms with Crippen molar-refractivity contribution in [3.8, 4) is 0 Å². The van der Waals surface area contributed by atoms with Crippen molar-refractivity contribution in [2.24, 2.45) is 5.92 Å². The van der Waals surface area contributed by atoms with Crippen molar-refractivity contribution in [2.45, 2.75) is 38.6 Å². The lowest BCUT2D eigenvalue weighted by Gasteiger charge is -2.24. The quantitative estimate of drug-likeness (QED) is 0.905. The molecule has 22 heavy (non-hydrogen) atoms. The molecule has 2 aliphatic rings. The van der Waals surface area contributed by atoms with Crippen LogP contribution >= 0.6 is 11.3 Å². The molecule has 0 aliphatic carbocycles. The molecule has 3 heterocycles. The van der Waals surface area contributed by atoms with Crippen molar-refractivity contribution >= 4 is 17.4 Å². The zero-order valence-corrected chi connectivity index (χ0v) is 14.3. The van der Waals surface area contributed by atoms with Crippen LogP contribution in [0.1, 0.15) is 31.1 Å². The number of nitrogens with one attached hydrogen (secondary N) is 1. The highest BCUT2D eigenvalue weighted by Crippen LogP contribution is 2.20. The maximum Gasteiger partial charge on any atom is 0.317 e. The maximum absolute atomic E-state index is 12.3. The molecule has 1 aromatic rings. The second kappa shape index (κ2) is 7.47. The van der Waals surface area contributed by atoms with Gasteiger partial charge in [0.1, 0.15) is 0 Å². The Hall–Kier alpha value is -1.07. The van der Waals surface area contributed by atoms with Gasteiger partial charge in [-0.25, -0.2) is 4.79 Å². The number of nitrogens with zero attached hydrogens (tertiary/aromatic N) is 2. The van der Waals surface area contributed by atoms with E-state index in [1.165, 1.54) is 30.8 Å². The Labute approximate surface area is 137 Å². The van der Waals surface area contributed by atoms with E-state index in [4.69, 9.17) is 0 Å². The highest BCUT2D eigenvalue weighted by Gasteiger charge is 2.31. The van der Waals surface area contributed by atoms with Gasteiger partial charge in [0, 0.05) is 30.6 Å². The Kier molecular flexibility index (Phi) is 5.37. The number of carbonyl (C=O) groups excluding carboxylic acids is 1. The summed E-state index contributed by atoms with van der Waals surface area (Å²) in [6.07, 6.45) is 4.83. The SMILES string of the molecule is C[C@@H](CNC(=O)N1CC[C@H](N2CCCC2)C1)Cc1cccs1. The lowest BCUT2D eigenvalue weighted by molar-refractivity contribution is 0.197. The molecule has 2 saturated heterocycles. The molecule has 0 radical (unpaired) electrons. The van der Waals surface area contributed by atoms with Crippen LogP contribution in [0.3, 0.4) is 0 Å². The number of hydrogen-bond donors (Lipinski definition) is 1. The molecule has 5 heteroatoms. The number of amides is 2. The van der Waals surface area contributed by atoms with Gasteiger partial charge in [0.15, 0.2) is 0 Å². The van der Waals surface area contributed by atoms with E-state index in [2.05, 4.69) is 34.7 Å². The lowest BCUT2D eigenvalue weighted by Crippen LogP contribution is -2.42. The van der Waals surface area contributed by atoms with Gasteiger partial charge in [-0.2, -0.15) is 0 Å². The number of likely N-dealkylation sites (tertiary alicyclic amines) is 2. The van der Waals surface area contributed by atoms with Gasteiger partial charge in [0.2, 0.25) is 0 Å². The Morgan fingerprint density at radius 1 is 1.41 bits per heavy atom. The first kappa shape index (κ1) is 15.8. The van der Waals surface area contributed by atoms with Gasteiger partial charge < -0.3 is 10.2 Å². The van der Waals surface area contributed by atoms with E-state index in [0.29, 0.717) is 12.0 Å². The average Bonchev–Trinajstić information content (AvgIpc) is 3.23.